The first kappa shape index (κ1) is 23.1. The second-order valence-corrected chi connectivity index (χ2v) is 8.51. The van der Waals surface area contributed by atoms with Gasteiger partial charge in [0.15, 0.2) is 11.5 Å². The lowest BCUT2D eigenvalue weighted by molar-refractivity contribution is -0.0514. The molecule has 174 valence electrons. The quantitative estimate of drug-likeness (QED) is 0.565. The third-order valence-electron chi connectivity index (χ3n) is 5.82. The summed E-state index contributed by atoms with van der Waals surface area (Å²) < 4.78 is 16.5. The lowest BCUT2D eigenvalue weighted by Gasteiger charge is -2.34. The molecular formula is C24H25ClN2O6. The number of amides is 1. The van der Waals surface area contributed by atoms with Crippen molar-refractivity contribution in [2.24, 2.45) is 0 Å². The third kappa shape index (κ3) is 3.64. The van der Waals surface area contributed by atoms with Crippen LogP contribution in [-0.2, 0) is 5.72 Å². The van der Waals surface area contributed by atoms with E-state index in [1.165, 1.54) is 19.1 Å². The molecule has 1 N–H and O–H groups in total. The van der Waals surface area contributed by atoms with Gasteiger partial charge < -0.3 is 23.9 Å². The summed E-state index contributed by atoms with van der Waals surface area (Å²) in [5, 5.41) is 12.4. The summed E-state index contributed by atoms with van der Waals surface area (Å²) in [7, 11) is 6.80. The van der Waals surface area contributed by atoms with E-state index in [0.717, 1.165) is 0 Å². The lowest BCUT2D eigenvalue weighted by atomic mass is 9.93. The van der Waals surface area contributed by atoms with Crippen molar-refractivity contribution in [2.75, 3.05) is 41.4 Å². The van der Waals surface area contributed by atoms with E-state index >= 15 is 0 Å². The van der Waals surface area contributed by atoms with Gasteiger partial charge in [0.1, 0.15) is 11.1 Å². The molecule has 1 atom stereocenters. The standard InChI is InChI=1S/C24H25ClN2O6/c1-26(2)11-6-12-27-23(29)22-20(21(28)19-15(25)7-5-8-17(19)33-22)24(27,30)14-9-10-16(31-3)18(13-14)32-4/h5,7-10,13,30H,6,11-12H2,1-4H3. The van der Waals surface area contributed by atoms with E-state index in [1.807, 2.05) is 19.0 Å². The molecule has 1 aromatic heterocycles. The molecule has 8 nitrogen and oxygen atoms in total. The van der Waals surface area contributed by atoms with Crippen LogP contribution < -0.4 is 14.9 Å². The Kier molecular flexibility index (Phi) is 6.09. The van der Waals surface area contributed by atoms with Gasteiger partial charge >= 0.3 is 0 Å². The van der Waals surface area contributed by atoms with Crippen LogP contribution >= 0.6 is 11.6 Å². The Hall–Kier alpha value is -3.07. The van der Waals surface area contributed by atoms with Gasteiger partial charge in [-0.15, -0.1) is 0 Å². The van der Waals surface area contributed by atoms with Crippen molar-refractivity contribution in [3.63, 3.8) is 0 Å². The van der Waals surface area contributed by atoms with Crippen LogP contribution in [0.1, 0.15) is 28.1 Å². The van der Waals surface area contributed by atoms with Gasteiger partial charge in [0.05, 0.1) is 24.6 Å². The van der Waals surface area contributed by atoms with Gasteiger partial charge in [-0.05, 0) is 57.4 Å². The Bertz CT molecular complexity index is 1290. The fraction of sp³-hybridized carbons (Fsp3) is 0.333. The van der Waals surface area contributed by atoms with Gasteiger partial charge in [0.25, 0.3) is 5.91 Å². The van der Waals surface area contributed by atoms with E-state index < -0.39 is 17.1 Å². The molecular weight excluding hydrogens is 448 g/mol. The Balaban J connectivity index is 1.99. The first-order chi connectivity index (χ1) is 15.7. The van der Waals surface area contributed by atoms with Crippen LogP contribution in [0.15, 0.2) is 45.6 Å². The molecule has 4 rings (SSSR count). The molecule has 0 spiro atoms. The van der Waals surface area contributed by atoms with Crippen LogP contribution in [0, 0.1) is 0 Å². The fourth-order valence-corrected chi connectivity index (χ4v) is 4.48. The Labute approximate surface area is 195 Å². The molecule has 2 heterocycles. The molecule has 0 fully saturated rings. The smallest absolute Gasteiger partial charge is 0.293 e. The predicted octanol–water partition coefficient (Wildman–Crippen LogP) is 3.06. The average Bonchev–Trinajstić information content (AvgIpc) is 3.01. The van der Waals surface area contributed by atoms with Crippen LogP contribution in [0.4, 0.5) is 0 Å². The SMILES string of the molecule is COc1ccc(C2(O)c3c(oc4cccc(Cl)c4c3=O)C(=O)N2CCCN(C)C)cc1OC. The number of benzene rings is 2. The van der Waals surface area contributed by atoms with Gasteiger partial charge in [-0.1, -0.05) is 17.7 Å². The maximum Gasteiger partial charge on any atom is 0.293 e. The molecule has 0 radical (unpaired) electrons. The number of hydrogen-bond donors (Lipinski definition) is 1. The zero-order valence-electron chi connectivity index (χ0n) is 18.8. The number of carbonyl (C=O) groups is 1. The highest BCUT2D eigenvalue weighted by Crippen LogP contribution is 2.44. The zero-order chi connectivity index (χ0) is 23.9. The monoisotopic (exact) mass is 472 g/mol. The maximum absolute atomic E-state index is 13.6. The second kappa shape index (κ2) is 8.70. The third-order valence-corrected chi connectivity index (χ3v) is 6.14. The fourth-order valence-electron chi connectivity index (χ4n) is 4.23. The second-order valence-electron chi connectivity index (χ2n) is 8.10. The molecule has 0 saturated heterocycles. The number of fused-ring (bicyclic) bond motifs is 2. The highest BCUT2D eigenvalue weighted by atomic mass is 35.5. The highest BCUT2D eigenvalue weighted by molar-refractivity contribution is 6.35. The van der Waals surface area contributed by atoms with E-state index in [0.29, 0.717) is 24.5 Å². The van der Waals surface area contributed by atoms with Crippen molar-refractivity contribution < 1.29 is 23.8 Å². The zero-order valence-corrected chi connectivity index (χ0v) is 19.6. The number of ether oxygens (including phenoxy) is 2. The number of methoxy groups -OCH3 is 2. The molecule has 2 aromatic carbocycles. The molecule has 1 aliphatic rings. The summed E-state index contributed by atoms with van der Waals surface area (Å²) in [6.07, 6.45) is 0.566. The minimum Gasteiger partial charge on any atom is -0.493 e. The van der Waals surface area contributed by atoms with E-state index in [1.54, 1.807) is 36.4 Å². The molecule has 33 heavy (non-hydrogen) atoms. The average molecular weight is 473 g/mol. The number of rotatable bonds is 7. The minimum atomic E-state index is -2.08. The topological polar surface area (TPSA) is 92.5 Å². The van der Waals surface area contributed by atoms with Gasteiger partial charge in [-0.25, -0.2) is 0 Å². The normalized spacial score (nSPS) is 17.7. The van der Waals surface area contributed by atoms with Crippen LogP contribution in [0.3, 0.4) is 0 Å². The number of hydrogen-bond acceptors (Lipinski definition) is 7. The minimum absolute atomic E-state index is 0.111. The molecule has 3 aromatic rings. The summed E-state index contributed by atoms with van der Waals surface area (Å²) in [6.45, 7) is 0.868. The van der Waals surface area contributed by atoms with Crippen LogP contribution in [0.5, 0.6) is 11.5 Å². The largest absolute Gasteiger partial charge is 0.493 e. The summed E-state index contributed by atoms with van der Waals surface area (Å²) in [4.78, 5) is 30.3. The summed E-state index contributed by atoms with van der Waals surface area (Å²) in [5.41, 5.74) is -2.34. The van der Waals surface area contributed by atoms with Crippen LogP contribution in [0.2, 0.25) is 5.02 Å². The molecule has 1 aliphatic heterocycles. The van der Waals surface area contributed by atoms with Crippen molar-refractivity contribution in [2.45, 2.75) is 12.1 Å². The van der Waals surface area contributed by atoms with Crippen molar-refractivity contribution in [3.8, 4) is 11.5 Å². The van der Waals surface area contributed by atoms with Crippen LogP contribution in [-0.4, -0.2) is 62.2 Å². The van der Waals surface area contributed by atoms with Crippen molar-refractivity contribution in [1.82, 2.24) is 9.80 Å². The van der Waals surface area contributed by atoms with Crippen LogP contribution in [0.25, 0.3) is 11.0 Å². The number of carbonyl (C=O) groups excluding carboxylic acids is 1. The molecule has 1 unspecified atom stereocenters. The Morgan fingerprint density at radius 2 is 1.85 bits per heavy atom. The van der Waals surface area contributed by atoms with Crippen molar-refractivity contribution in [3.05, 3.63) is 68.5 Å². The summed E-state index contributed by atoms with van der Waals surface area (Å²) in [6, 6.07) is 9.53. The summed E-state index contributed by atoms with van der Waals surface area (Å²) >= 11 is 6.30. The van der Waals surface area contributed by atoms with Gasteiger partial charge in [-0.2, -0.15) is 0 Å². The maximum atomic E-state index is 13.6. The van der Waals surface area contributed by atoms with E-state index in [2.05, 4.69) is 0 Å². The van der Waals surface area contributed by atoms with Crippen molar-refractivity contribution in [1.29, 1.82) is 0 Å². The molecule has 0 bridgehead atoms. The first-order valence-corrected chi connectivity index (χ1v) is 10.8. The Morgan fingerprint density at radius 3 is 2.52 bits per heavy atom. The van der Waals surface area contributed by atoms with E-state index in [9.17, 15) is 14.7 Å². The Morgan fingerprint density at radius 1 is 1.12 bits per heavy atom. The van der Waals surface area contributed by atoms with E-state index in [4.69, 9.17) is 25.5 Å². The number of aliphatic hydroxyl groups is 1. The summed E-state index contributed by atoms with van der Waals surface area (Å²) in [5.74, 6) is 0.0276. The van der Waals surface area contributed by atoms with Crippen molar-refractivity contribution >= 4 is 28.5 Å². The predicted molar refractivity (Wildman–Crippen MR) is 124 cm³/mol. The van der Waals surface area contributed by atoms with Gasteiger partial charge in [0.2, 0.25) is 16.9 Å². The van der Waals surface area contributed by atoms with Gasteiger partial charge in [-0.3, -0.25) is 14.5 Å². The number of nitrogens with zero attached hydrogens (tertiary/aromatic N) is 2. The molecule has 9 heteroatoms. The molecule has 1 amide bonds. The van der Waals surface area contributed by atoms with E-state index in [-0.39, 0.29) is 39.4 Å². The lowest BCUT2D eigenvalue weighted by Crippen LogP contribution is -2.47. The number of halogens is 1. The molecule has 0 saturated carbocycles. The first-order valence-electron chi connectivity index (χ1n) is 10.4. The van der Waals surface area contributed by atoms with Gasteiger partial charge in [0, 0.05) is 12.1 Å². The highest BCUT2D eigenvalue weighted by Gasteiger charge is 2.54. The molecule has 0 aliphatic carbocycles.